The Morgan fingerprint density at radius 2 is 1.00 bits per heavy atom. The molecule has 218 valence electrons. The maximum atomic E-state index is 5.03. The third-order valence-corrected chi connectivity index (χ3v) is 8.45. The van der Waals surface area contributed by atoms with Crippen LogP contribution in [0.15, 0.2) is 121 Å². The molecule has 44 heavy (non-hydrogen) atoms. The van der Waals surface area contributed by atoms with Gasteiger partial charge in [-0.15, -0.1) is 0 Å². The van der Waals surface area contributed by atoms with Crippen molar-refractivity contribution in [2.75, 3.05) is 4.90 Å². The van der Waals surface area contributed by atoms with E-state index in [0.717, 1.165) is 22.8 Å². The number of anilines is 3. The molecule has 3 heteroatoms. The first kappa shape index (κ1) is 29.1. The van der Waals surface area contributed by atoms with E-state index in [1.807, 2.05) is 48.7 Å². The molecule has 0 aliphatic heterocycles. The number of hydrogen-bond acceptors (Lipinski definition) is 3. The van der Waals surface area contributed by atoms with E-state index in [2.05, 4.69) is 124 Å². The first-order valence-corrected chi connectivity index (χ1v) is 15.3. The molecule has 0 radical (unpaired) electrons. The van der Waals surface area contributed by atoms with Crippen molar-refractivity contribution in [1.29, 1.82) is 0 Å². The number of aromatic nitrogens is 2. The van der Waals surface area contributed by atoms with Crippen molar-refractivity contribution in [3.8, 4) is 11.4 Å². The molecule has 3 nitrogen and oxygen atoms in total. The fraction of sp³-hybridized carbons (Fsp3) is 0.171. The van der Waals surface area contributed by atoms with Crippen molar-refractivity contribution in [3.63, 3.8) is 0 Å². The fourth-order valence-electron chi connectivity index (χ4n) is 6.78. The highest BCUT2D eigenvalue weighted by atomic mass is 15.2. The van der Waals surface area contributed by atoms with E-state index < -0.39 is 0 Å². The Balaban J connectivity index is 1.49. The van der Waals surface area contributed by atoms with E-state index in [4.69, 9.17) is 4.98 Å². The van der Waals surface area contributed by atoms with Gasteiger partial charge < -0.3 is 0 Å². The van der Waals surface area contributed by atoms with Gasteiger partial charge in [0.05, 0.1) is 0 Å². The first-order chi connectivity index (χ1) is 21.3. The van der Waals surface area contributed by atoms with Crippen LogP contribution in [0.5, 0.6) is 0 Å². The van der Waals surface area contributed by atoms with Gasteiger partial charge in [0, 0.05) is 29.1 Å². The molecule has 0 amide bonds. The molecule has 0 bridgehead atoms. The molecule has 0 spiro atoms. The lowest BCUT2D eigenvalue weighted by Crippen LogP contribution is -2.14. The average molecular weight is 574 g/mol. The van der Waals surface area contributed by atoms with Gasteiger partial charge in [-0.2, -0.15) is 0 Å². The minimum absolute atomic E-state index is 0.124. The Kier molecular flexibility index (Phi) is 8.13. The van der Waals surface area contributed by atoms with Crippen LogP contribution in [0.3, 0.4) is 0 Å². The first-order valence-electron chi connectivity index (χ1n) is 15.3. The maximum absolute atomic E-state index is 5.03. The largest absolute Gasteiger partial charge is 0.295 e. The highest BCUT2D eigenvalue weighted by molar-refractivity contribution is 5.75. The summed E-state index contributed by atoms with van der Waals surface area (Å²) < 4.78 is 0. The van der Waals surface area contributed by atoms with Crippen LogP contribution in [0, 0.1) is 41.5 Å². The smallest absolute Gasteiger partial charge is 0.161 e. The molecule has 0 aliphatic rings. The predicted molar refractivity (Wildman–Crippen MR) is 184 cm³/mol. The molecule has 6 aromatic rings. The number of benzene rings is 5. The normalized spacial score (nSPS) is 11.2. The third kappa shape index (κ3) is 5.78. The number of hydrogen-bond donors (Lipinski definition) is 0. The van der Waals surface area contributed by atoms with Crippen LogP contribution in [-0.4, -0.2) is 9.97 Å². The highest BCUT2D eigenvalue weighted by Gasteiger charge is 2.25. The minimum atomic E-state index is 0.124. The van der Waals surface area contributed by atoms with Gasteiger partial charge >= 0.3 is 0 Å². The lowest BCUT2D eigenvalue weighted by molar-refractivity contribution is 0.919. The van der Waals surface area contributed by atoms with Gasteiger partial charge in [-0.3, -0.25) is 4.90 Å². The summed E-state index contributed by atoms with van der Waals surface area (Å²) >= 11 is 0. The monoisotopic (exact) mass is 573 g/mol. The zero-order valence-electron chi connectivity index (χ0n) is 26.5. The van der Waals surface area contributed by atoms with E-state index in [0.29, 0.717) is 5.82 Å². The number of aryl methyl sites for hydroxylation is 6. The summed E-state index contributed by atoms with van der Waals surface area (Å²) in [4.78, 5) is 11.8. The van der Waals surface area contributed by atoms with E-state index in [9.17, 15) is 0 Å². The van der Waals surface area contributed by atoms with Gasteiger partial charge in [0.2, 0.25) is 0 Å². The van der Waals surface area contributed by atoms with Crippen molar-refractivity contribution >= 4 is 17.2 Å². The quantitative estimate of drug-likeness (QED) is 0.178. The zero-order chi connectivity index (χ0) is 30.8. The summed E-state index contributed by atoms with van der Waals surface area (Å²) in [6, 6.07) is 40.9. The summed E-state index contributed by atoms with van der Waals surface area (Å²) in [7, 11) is 0. The standard InChI is InChI=1S/C41H39N3/c1-27-23-29(3)38(30(4)24-27)40(39-31(5)25-28(2)26-32(39)6)33-17-19-36(20-18-33)44(35-15-11-8-12-16-35)37-21-22-42-41(43-37)34-13-9-7-10-14-34/h7-26,40H,1-6H3. The second-order valence-electron chi connectivity index (χ2n) is 11.9. The second kappa shape index (κ2) is 12.3. The van der Waals surface area contributed by atoms with Crippen LogP contribution < -0.4 is 4.90 Å². The summed E-state index contributed by atoms with van der Waals surface area (Å²) in [5, 5.41) is 0. The SMILES string of the molecule is Cc1cc(C)c(C(c2ccc(N(c3ccccc3)c3ccnc(-c4ccccc4)n3)cc2)c2c(C)cc(C)cc2C)c(C)c1. The van der Waals surface area contributed by atoms with Crippen molar-refractivity contribution < 1.29 is 0 Å². The molecule has 0 unspecified atom stereocenters. The Morgan fingerprint density at radius 1 is 0.523 bits per heavy atom. The third-order valence-electron chi connectivity index (χ3n) is 8.45. The Bertz CT molecular complexity index is 1800. The van der Waals surface area contributed by atoms with Crippen LogP contribution in [0.4, 0.5) is 17.2 Å². The lowest BCUT2D eigenvalue weighted by atomic mass is 9.77. The zero-order valence-corrected chi connectivity index (χ0v) is 26.5. The molecular weight excluding hydrogens is 534 g/mol. The minimum Gasteiger partial charge on any atom is -0.295 e. The lowest BCUT2D eigenvalue weighted by Gasteiger charge is -2.28. The fourth-order valence-corrected chi connectivity index (χ4v) is 6.78. The second-order valence-corrected chi connectivity index (χ2v) is 11.9. The summed E-state index contributed by atoms with van der Waals surface area (Å²) in [6.45, 7) is 13.4. The van der Waals surface area contributed by atoms with Crippen molar-refractivity contribution in [2.45, 2.75) is 47.5 Å². The summed E-state index contributed by atoms with van der Waals surface area (Å²) in [5.74, 6) is 1.65. The molecule has 6 rings (SSSR count). The molecule has 0 saturated heterocycles. The Labute approximate surface area is 261 Å². The topological polar surface area (TPSA) is 29.0 Å². The number of para-hydroxylation sites is 1. The van der Waals surface area contributed by atoms with Gasteiger partial charge in [-0.05, 0) is 111 Å². The van der Waals surface area contributed by atoms with Gasteiger partial charge in [0.25, 0.3) is 0 Å². The van der Waals surface area contributed by atoms with E-state index >= 15 is 0 Å². The molecule has 1 heterocycles. The Morgan fingerprint density at radius 3 is 1.52 bits per heavy atom. The molecular formula is C41H39N3. The molecule has 0 saturated carbocycles. The number of nitrogens with zero attached hydrogens (tertiary/aromatic N) is 3. The predicted octanol–water partition coefficient (Wildman–Crippen LogP) is 10.6. The van der Waals surface area contributed by atoms with Crippen LogP contribution >= 0.6 is 0 Å². The van der Waals surface area contributed by atoms with Crippen LogP contribution in [0.1, 0.15) is 56.0 Å². The van der Waals surface area contributed by atoms with E-state index in [-0.39, 0.29) is 5.92 Å². The van der Waals surface area contributed by atoms with Gasteiger partial charge in [0.1, 0.15) is 5.82 Å². The highest BCUT2D eigenvalue weighted by Crippen LogP contribution is 2.41. The number of rotatable bonds is 7. The molecule has 0 fully saturated rings. The summed E-state index contributed by atoms with van der Waals surface area (Å²) in [6.07, 6.45) is 1.84. The van der Waals surface area contributed by atoms with Crippen molar-refractivity contribution in [3.05, 3.63) is 172 Å². The molecule has 5 aromatic carbocycles. The Hall–Kier alpha value is -5.02. The maximum Gasteiger partial charge on any atom is 0.161 e. The average Bonchev–Trinajstić information content (AvgIpc) is 3.01. The van der Waals surface area contributed by atoms with Crippen LogP contribution in [0.2, 0.25) is 0 Å². The van der Waals surface area contributed by atoms with Crippen molar-refractivity contribution in [1.82, 2.24) is 9.97 Å². The molecule has 0 aliphatic carbocycles. The van der Waals surface area contributed by atoms with Crippen molar-refractivity contribution in [2.24, 2.45) is 0 Å². The molecule has 0 N–H and O–H groups in total. The summed E-state index contributed by atoms with van der Waals surface area (Å²) in [5.41, 5.74) is 15.1. The van der Waals surface area contributed by atoms with Crippen LogP contribution in [-0.2, 0) is 0 Å². The molecule has 0 atom stereocenters. The van der Waals surface area contributed by atoms with Gasteiger partial charge in [-0.1, -0.05) is 96.1 Å². The molecule has 1 aromatic heterocycles. The van der Waals surface area contributed by atoms with Gasteiger partial charge in [0.15, 0.2) is 5.82 Å². The van der Waals surface area contributed by atoms with E-state index in [1.54, 1.807) is 0 Å². The van der Waals surface area contributed by atoms with Crippen LogP contribution in [0.25, 0.3) is 11.4 Å². The van der Waals surface area contributed by atoms with E-state index in [1.165, 1.54) is 50.1 Å². The van der Waals surface area contributed by atoms with Gasteiger partial charge in [-0.25, -0.2) is 9.97 Å².